The van der Waals surface area contributed by atoms with Gasteiger partial charge in [-0.05, 0) is 25.1 Å². The number of rotatable bonds is 6. The Kier molecular flexibility index (Phi) is 4.13. The summed E-state index contributed by atoms with van der Waals surface area (Å²) in [7, 11) is -3.93. The van der Waals surface area contributed by atoms with Crippen LogP contribution >= 0.6 is 0 Å². The summed E-state index contributed by atoms with van der Waals surface area (Å²) < 4.78 is 31.6. The lowest BCUT2D eigenvalue weighted by atomic mass is 10.2. The number of anilines is 1. The van der Waals surface area contributed by atoms with Crippen molar-refractivity contribution in [3.63, 3.8) is 0 Å². The van der Waals surface area contributed by atoms with Crippen molar-refractivity contribution < 1.29 is 23.1 Å². The Morgan fingerprint density at radius 2 is 2.24 bits per heavy atom. The molecule has 0 aliphatic carbocycles. The van der Waals surface area contributed by atoms with Crippen LogP contribution in [0.2, 0.25) is 0 Å². The maximum Gasteiger partial charge on any atom is 0.339 e. The van der Waals surface area contributed by atoms with Gasteiger partial charge in [0.2, 0.25) is 5.95 Å². The molecule has 2 rings (SSSR count). The average molecular weight is 311 g/mol. The fourth-order valence-electron chi connectivity index (χ4n) is 1.63. The molecular weight excluding hydrogens is 298 g/mol. The smallest absolute Gasteiger partial charge is 0.339 e. The van der Waals surface area contributed by atoms with Crippen LogP contribution in [0.5, 0.6) is 5.75 Å². The van der Waals surface area contributed by atoms with Gasteiger partial charge in [-0.2, -0.15) is 0 Å². The third-order valence-electron chi connectivity index (χ3n) is 2.52. The molecule has 0 atom stereocenters. The number of nitrogens with zero attached hydrogens (tertiary/aromatic N) is 1. The molecule has 1 heterocycles. The first-order chi connectivity index (χ1) is 9.94. The molecule has 0 amide bonds. The Hall–Kier alpha value is -2.55. The van der Waals surface area contributed by atoms with E-state index in [1.165, 1.54) is 24.5 Å². The number of carboxylic acids is 1. The maximum absolute atomic E-state index is 12.1. The van der Waals surface area contributed by atoms with Gasteiger partial charge in [0.05, 0.1) is 11.5 Å². The predicted octanol–water partition coefficient (Wildman–Crippen LogP) is 1.31. The van der Waals surface area contributed by atoms with Gasteiger partial charge in [-0.3, -0.25) is 0 Å². The molecule has 0 fully saturated rings. The number of H-pyrrole nitrogens is 1. The van der Waals surface area contributed by atoms with Crippen LogP contribution in [0.3, 0.4) is 0 Å². The monoisotopic (exact) mass is 311 g/mol. The van der Waals surface area contributed by atoms with E-state index in [9.17, 15) is 13.2 Å². The van der Waals surface area contributed by atoms with E-state index in [0.29, 0.717) is 0 Å². The first kappa shape index (κ1) is 14.9. The number of benzene rings is 1. The Labute approximate surface area is 120 Å². The number of aromatic nitrogens is 2. The van der Waals surface area contributed by atoms with Crippen LogP contribution in [0.1, 0.15) is 17.3 Å². The van der Waals surface area contributed by atoms with E-state index in [-0.39, 0.29) is 28.8 Å². The number of nitrogens with one attached hydrogen (secondary N) is 2. The van der Waals surface area contributed by atoms with Gasteiger partial charge in [-0.1, -0.05) is 0 Å². The summed E-state index contributed by atoms with van der Waals surface area (Å²) in [4.78, 5) is 17.3. The molecule has 0 spiro atoms. The van der Waals surface area contributed by atoms with E-state index in [1.807, 2.05) is 0 Å². The quantitative estimate of drug-likeness (QED) is 0.739. The largest absolute Gasteiger partial charge is 0.493 e. The topological polar surface area (TPSA) is 121 Å². The van der Waals surface area contributed by atoms with Crippen LogP contribution < -0.4 is 9.46 Å². The number of aromatic amines is 1. The molecule has 0 unspecified atom stereocenters. The van der Waals surface area contributed by atoms with Crippen LogP contribution in [0, 0.1) is 0 Å². The summed E-state index contributed by atoms with van der Waals surface area (Å²) in [5, 5.41) is 9.13. The number of aromatic carboxylic acids is 1. The number of hydrogen-bond acceptors (Lipinski definition) is 5. The minimum atomic E-state index is -3.93. The molecule has 0 saturated carbocycles. The fourth-order valence-corrected chi connectivity index (χ4v) is 2.64. The van der Waals surface area contributed by atoms with E-state index in [2.05, 4.69) is 14.7 Å². The van der Waals surface area contributed by atoms with Crippen LogP contribution in [0.25, 0.3) is 0 Å². The fraction of sp³-hybridized carbons (Fsp3) is 0.167. The van der Waals surface area contributed by atoms with Crippen LogP contribution in [0.15, 0.2) is 35.5 Å². The Balaban J connectivity index is 2.39. The molecule has 0 bridgehead atoms. The number of imidazole rings is 1. The minimum absolute atomic E-state index is 0.0424. The van der Waals surface area contributed by atoms with Crippen molar-refractivity contribution in [3.8, 4) is 5.75 Å². The Bertz CT molecular complexity index is 740. The van der Waals surface area contributed by atoms with Gasteiger partial charge in [-0.25, -0.2) is 22.9 Å². The van der Waals surface area contributed by atoms with E-state index in [4.69, 9.17) is 9.84 Å². The highest BCUT2D eigenvalue weighted by Gasteiger charge is 2.20. The molecule has 2 aromatic rings. The molecule has 1 aromatic carbocycles. The van der Waals surface area contributed by atoms with Crippen molar-refractivity contribution in [1.29, 1.82) is 0 Å². The van der Waals surface area contributed by atoms with Gasteiger partial charge >= 0.3 is 5.97 Å². The summed E-state index contributed by atoms with van der Waals surface area (Å²) >= 11 is 0. The SMILES string of the molecule is CCOc1ccc(S(=O)(=O)Nc2ncc[nH]2)cc1C(=O)O. The first-order valence-electron chi connectivity index (χ1n) is 5.96. The summed E-state index contributed by atoms with van der Waals surface area (Å²) in [5.74, 6) is -1.11. The van der Waals surface area contributed by atoms with Crippen molar-refractivity contribution >= 4 is 21.9 Å². The molecule has 21 heavy (non-hydrogen) atoms. The zero-order valence-corrected chi connectivity index (χ0v) is 11.8. The third-order valence-corrected chi connectivity index (χ3v) is 3.86. The maximum atomic E-state index is 12.1. The Morgan fingerprint density at radius 3 is 2.81 bits per heavy atom. The van der Waals surface area contributed by atoms with Gasteiger partial charge in [-0.15, -0.1) is 0 Å². The zero-order valence-electron chi connectivity index (χ0n) is 11.0. The number of hydrogen-bond donors (Lipinski definition) is 3. The molecule has 112 valence electrons. The second-order valence-corrected chi connectivity index (χ2v) is 5.62. The molecule has 0 aliphatic heterocycles. The highest BCUT2D eigenvalue weighted by Crippen LogP contribution is 2.23. The highest BCUT2D eigenvalue weighted by atomic mass is 32.2. The minimum Gasteiger partial charge on any atom is -0.493 e. The highest BCUT2D eigenvalue weighted by molar-refractivity contribution is 7.92. The lowest BCUT2D eigenvalue weighted by Gasteiger charge is -2.10. The van der Waals surface area contributed by atoms with Crippen LogP contribution in [-0.4, -0.2) is 36.1 Å². The third kappa shape index (κ3) is 3.31. The van der Waals surface area contributed by atoms with Crippen molar-refractivity contribution in [1.82, 2.24) is 9.97 Å². The van der Waals surface area contributed by atoms with E-state index < -0.39 is 16.0 Å². The molecule has 9 heteroatoms. The molecule has 0 saturated heterocycles. The molecule has 0 aliphatic rings. The molecule has 0 radical (unpaired) electrons. The summed E-state index contributed by atoms with van der Waals surface area (Å²) in [6, 6.07) is 3.62. The van der Waals surface area contributed by atoms with E-state index in [0.717, 1.165) is 6.07 Å². The summed E-state index contributed by atoms with van der Waals surface area (Å²) in [6.07, 6.45) is 2.84. The van der Waals surface area contributed by atoms with Crippen LogP contribution in [0.4, 0.5) is 5.95 Å². The Morgan fingerprint density at radius 1 is 1.48 bits per heavy atom. The van der Waals surface area contributed by atoms with Crippen molar-refractivity contribution in [3.05, 3.63) is 36.2 Å². The molecule has 3 N–H and O–H groups in total. The van der Waals surface area contributed by atoms with Crippen molar-refractivity contribution in [2.75, 3.05) is 11.3 Å². The predicted molar refractivity (Wildman–Crippen MR) is 74.0 cm³/mol. The van der Waals surface area contributed by atoms with Crippen LogP contribution in [-0.2, 0) is 10.0 Å². The van der Waals surface area contributed by atoms with Gasteiger partial charge in [0.15, 0.2) is 0 Å². The van der Waals surface area contributed by atoms with Gasteiger partial charge < -0.3 is 14.8 Å². The van der Waals surface area contributed by atoms with E-state index in [1.54, 1.807) is 6.92 Å². The number of carbonyl (C=O) groups is 1. The standard InChI is InChI=1S/C12H13N3O5S/c1-2-20-10-4-3-8(7-9(10)11(16)17)21(18,19)15-12-13-5-6-14-12/h3-7H,2H2,1H3,(H,16,17)(H2,13,14,15). The van der Waals surface area contributed by atoms with Crippen molar-refractivity contribution in [2.45, 2.75) is 11.8 Å². The van der Waals surface area contributed by atoms with Gasteiger partial charge in [0, 0.05) is 12.4 Å². The number of sulfonamides is 1. The number of carboxylic acid groups (broad SMARTS) is 1. The lowest BCUT2D eigenvalue weighted by molar-refractivity contribution is 0.0692. The second-order valence-electron chi connectivity index (χ2n) is 3.94. The second kappa shape index (κ2) is 5.83. The molecule has 8 nitrogen and oxygen atoms in total. The average Bonchev–Trinajstić information content (AvgIpc) is 2.91. The van der Waals surface area contributed by atoms with Gasteiger partial charge in [0.25, 0.3) is 10.0 Å². The first-order valence-corrected chi connectivity index (χ1v) is 7.44. The summed E-state index contributed by atoms with van der Waals surface area (Å²) in [5.41, 5.74) is -0.223. The van der Waals surface area contributed by atoms with Crippen molar-refractivity contribution in [2.24, 2.45) is 0 Å². The molecule has 1 aromatic heterocycles. The lowest BCUT2D eigenvalue weighted by Crippen LogP contribution is -2.15. The van der Waals surface area contributed by atoms with E-state index >= 15 is 0 Å². The molecular formula is C12H13N3O5S. The summed E-state index contributed by atoms with van der Waals surface area (Å²) in [6.45, 7) is 1.98. The zero-order chi connectivity index (χ0) is 15.5. The normalized spacial score (nSPS) is 11.1. The van der Waals surface area contributed by atoms with Gasteiger partial charge in [0.1, 0.15) is 11.3 Å². The number of ether oxygens (including phenoxy) is 1.